The van der Waals surface area contributed by atoms with Gasteiger partial charge in [0.1, 0.15) is 0 Å². The monoisotopic (exact) mass is 373 g/mol. The highest BCUT2D eigenvalue weighted by Crippen LogP contribution is 2.20. The Kier molecular flexibility index (Phi) is 4.88. The Morgan fingerprint density at radius 1 is 0.920 bits per heavy atom. The summed E-state index contributed by atoms with van der Waals surface area (Å²) in [5, 5.41) is 1.59. The molecule has 126 valence electrons. The summed E-state index contributed by atoms with van der Waals surface area (Å²) in [4.78, 5) is 28.9. The van der Waals surface area contributed by atoms with E-state index in [-0.39, 0.29) is 5.56 Å². The Morgan fingerprint density at radius 3 is 2.32 bits per heavy atom. The Hall–Kier alpha value is -2.63. The molecule has 0 bridgehead atoms. The Morgan fingerprint density at radius 2 is 1.60 bits per heavy atom. The maximum Gasteiger partial charge on any atom is 0.271 e. The highest BCUT2D eigenvalue weighted by Gasteiger charge is 2.14. The summed E-state index contributed by atoms with van der Waals surface area (Å²) in [6.45, 7) is 1.72. The third-order valence-electron chi connectivity index (χ3n) is 3.62. The van der Waals surface area contributed by atoms with Gasteiger partial charge in [0.05, 0.1) is 27.4 Å². The van der Waals surface area contributed by atoms with Crippen molar-refractivity contribution in [3.05, 3.63) is 75.4 Å². The quantitative estimate of drug-likeness (QED) is 0.668. The number of carbonyl (C=O) groups is 2. The van der Waals surface area contributed by atoms with Gasteiger partial charge in [-0.05, 0) is 43.3 Å². The van der Waals surface area contributed by atoms with E-state index >= 15 is 0 Å². The lowest BCUT2D eigenvalue weighted by molar-refractivity contribution is 0.0846. The predicted octanol–water partition coefficient (Wildman–Crippen LogP) is 3.92. The topological polar surface area (TPSA) is 71.1 Å². The molecule has 1 aromatic heterocycles. The molecule has 0 spiro atoms. The number of hydrazine groups is 1. The van der Waals surface area contributed by atoms with Crippen molar-refractivity contribution in [2.45, 2.75) is 6.92 Å². The molecule has 0 aliphatic carbocycles. The molecule has 2 N–H and O–H groups in total. The molecule has 3 rings (SSSR count). The molecule has 0 atom stereocenters. The van der Waals surface area contributed by atoms with Gasteiger partial charge in [-0.2, -0.15) is 0 Å². The molecule has 0 aliphatic rings. The van der Waals surface area contributed by atoms with E-state index in [1.54, 1.807) is 55.5 Å². The third-order valence-corrected chi connectivity index (χ3v) is 4.18. The first-order valence-electron chi connectivity index (χ1n) is 7.38. The van der Waals surface area contributed by atoms with E-state index < -0.39 is 11.8 Å². The zero-order valence-electron chi connectivity index (χ0n) is 13.1. The van der Waals surface area contributed by atoms with Gasteiger partial charge in [0.25, 0.3) is 11.8 Å². The van der Waals surface area contributed by atoms with Crippen LogP contribution in [-0.4, -0.2) is 16.8 Å². The summed E-state index contributed by atoms with van der Waals surface area (Å²) in [5.41, 5.74) is 6.61. The summed E-state index contributed by atoms with van der Waals surface area (Å²) in [6, 6.07) is 13.5. The minimum absolute atomic E-state index is 0.268. The van der Waals surface area contributed by atoms with E-state index in [1.807, 2.05) is 0 Å². The molecule has 1 heterocycles. The molecular formula is C18H13Cl2N3O2. The summed E-state index contributed by atoms with van der Waals surface area (Å²) in [5.74, 6) is -0.985. The van der Waals surface area contributed by atoms with Gasteiger partial charge < -0.3 is 0 Å². The van der Waals surface area contributed by atoms with Crippen LogP contribution < -0.4 is 10.9 Å². The molecule has 2 aromatic carbocycles. The smallest absolute Gasteiger partial charge is 0.267 e. The first-order chi connectivity index (χ1) is 12.0. The lowest BCUT2D eigenvalue weighted by atomic mass is 10.1. The molecule has 0 fully saturated rings. The van der Waals surface area contributed by atoms with Crippen LogP contribution in [0.15, 0.2) is 48.5 Å². The highest BCUT2D eigenvalue weighted by atomic mass is 35.5. The summed E-state index contributed by atoms with van der Waals surface area (Å²) < 4.78 is 0. The molecule has 0 unspecified atom stereocenters. The van der Waals surface area contributed by atoms with E-state index in [4.69, 9.17) is 23.2 Å². The second kappa shape index (κ2) is 7.09. The molecule has 0 saturated heterocycles. The van der Waals surface area contributed by atoms with Crippen molar-refractivity contribution in [2.75, 3.05) is 0 Å². The Labute approximate surface area is 153 Å². The summed E-state index contributed by atoms with van der Waals surface area (Å²) >= 11 is 11.9. The number of halogens is 2. The Bertz CT molecular complexity index is 989. The van der Waals surface area contributed by atoms with Crippen LogP contribution in [0.25, 0.3) is 10.9 Å². The standard InChI is InChI=1S/C18H13Cl2N3O2/c1-10-14(9-11-8-12(19)6-7-16(11)21-10)18(25)23-22-17(24)13-4-2-3-5-15(13)20/h2-9H,1H3,(H,22,24)(H,23,25). The predicted molar refractivity (Wildman–Crippen MR) is 97.9 cm³/mol. The van der Waals surface area contributed by atoms with Gasteiger partial charge in [-0.1, -0.05) is 35.3 Å². The SMILES string of the molecule is Cc1nc2ccc(Cl)cc2cc1C(=O)NNC(=O)c1ccccc1Cl. The molecular weight excluding hydrogens is 361 g/mol. The van der Waals surface area contributed by atoms with Crippen molar-refractivity contribution in [3.8, 4) is 0 Å². The van der Waals surface area contributed by atoms with Crippen molar-refractivity contribution in [2.24, 2.45) is 0 Å². The molecule has 0 radical (unpaired) electrons. The maximum absolute atomic E-state index is 12.4. The lowest BCUT2D eigenvalue weighted by Crippen LogP contribution is -2.42. The number of nitrogens with one attached hydrogen (secondary N) is 2. The van der Waals surface area contributed by atoms with E-state index in [9.17, 15) is 9.59 Å². The zero-order chi connectivity index (χ0) is 18.0. The molecule has 2 amide bonds. The van der Waals surface area contributed by atoms with Gasteiger partial charge >= 0.3 is 0 Å². The van der Waals surface area contributed by atoms with E-state index in [0.29, 0.717) is 21.3 Å². The number of rotatable bonds is 2. The van der Waals surface area contributed by atoms with E-state index in [0.717, 1.165) is 10.9 Å². The second-order valence-electron chi connectivity index (χ2n) is 5.35. The van der Waals surface area contributed by atoms with Crippen molar-refractivity contribution >= 4 is 45.9 Å². The van der Waals surface area contributed by atoms with Crippen LogP contribution in [-0.2, 0) is 0 Å². The van der Waals surface area contributed by atoms with Crippen LogP contribution in [0.1, 0.15) is 26.4 Å². The number of pyridine rings is 1. The number of carbonyl (C=O) groups excluding carboxylic acids is 2. The number of hydrogen-bond acceptors (Lipinski definition) is 3. The number of nitrogens with zero attached hydrogens (tertiary/aromatic N) is 1. The van der Waals surface area contributed by atoms with Crippen LogP contribution in [0.2, 0.25) is 10.0 Å². The number of hydrogen-bond donors (Lipinski definition) is 2. The average Bonchev–Trinajstić information content (AvgIpc) is 2.59. The van der Waals surface area contributed by atoms with Gasteiger partial charge in [0.2, 0.25) is 0 Å². The minimum Gasteiger partial charge on any atom is -0.267 e. The van der Waals surface area contributed by atoms with Crippen molar-refractivity contribution in [1.82, 2.24) is 15.8 Å². The fraction of sp³-hybridized carbons (Fsp3) is 0.0556. The normalized spacial score (nSPS) is 10.5. The van der Waals surface area contributed by atoms with Gasteiger partial charge in [-0.25, -0.2) is 0 Å². The number of fused-ring (bicyclic) bond motifs is 1. The lowest BCUT2D eigenvalue weighted by Gasteiger charge is -2.10. The first-order valence-corrected chi connectivity index (χ1v) is 8.13. The van der Waals surface area contributed by atoms with Crippen LogP contribution >= 0.6 is 23.2 Å². The number of benzene rings is 2. The molecule has 0 saturated carbocycles. The van der Waals surface area contributed by atoms with Gasteiger partial charge in [0, 0.05) is 10.4 Å². The molecule has 5 nitrogen and oxygen atoms in total. The Balaban J connectivity index is 1.79. The van der Waals surface area contributed by atoms with Crippen LogP contribution in [0.3, 0.4) is 0 Å². The molecule has 7 heteroatoms. The van der Waals surface area contributed by atoms with E-state index in [2.05, 4.69) is 15.8 Å². The molecule has 0 aliphatic heterocycles. The van der Waals surface area contributed by atoms with Gasteiger partial charge in [0.15, 0.2) is 0 Å². The van der Waals surface area contributed by atoms with Gasteiger partial charge in [-0.15, -0.1) is 0 Å². The fourth-order valence-electron chi connectivity index (χ4n) is 2.37. The highest BCUT2D eigenvalue weighted by molar-refractivity contribution is 6.33. The zero-order valence-corrected chi connectivity index (χ0v) is 14.7. The second-order valence-corrected chi connectivity index (χ2v) is 6.19. The fourth-order valence-corrected chi connectivity index (χ4v) is 2.77. The van der Waals surface area contributed by atoms with Crippen molar-refractivity contribution < 1.29 is 9.59 Å². The minimum atomic E-state index is -0.506. The molecule has 25 heavy (non-hydrogen) atoms. The number of amides is 2. The number of aryl methyl sites for hydroxylation is 1. The number of aromatic nitrogens is 1. The maximum atomic E-state index is 12.4. The average molecular weight is 374 g/mol. The van der Waals surface area contributed by atoms with Crippen LogP contribution in [0.5, 0.6) is 0 Å². The largest absolute Gasteiger partial charge is 0.271 e. The summed E-state index contributed by atoms with van der Waals surface area (Å²) in [7, 11) is 0. The summed E-state index contributed by atoms with van der Waals surface area (Å²) in [6.07, 6.45) is 0. The first kappa shape index (κ1) is 17.2. The molecule has 3 aromatic rings. The van der Waals surface area contributed by atoms with Crippen molar-refractivity contribution in [1.29, 1.82) is 0 Å². The van der Waals surface area contributed by atoms with E-state index in [1.165, 1.54) is 0 Å². The van der Waals surface area contributed by atoms with Crippen LogP contribution in [0.4, 0.5) is 0 Å². The van der Waals surface area contributed by atoms with Crippen molar-refractivity contribution in [3.63, 3.8) is 0 Å². The van der Waals surface area contributed by atoms with Crippen LogP contribution in [0, 0.1) is 6.92 Å². The van der Waals surface area contributed by atoms with Gasteiger partial charge in [-0.3, -0.25) is 25.4 Å². The third kappa shape index (κ3) is 3.73.